The molecule has 2 aliphatic heterocycles. The molecule has 4 rings (SSSR count). The van der Waals surface area contributed by atoms with Gasteiger partial charge in [0, 0.05) is 38.1 Å². The molecule has 2 aliphatic carbocycles. The van der Waals surface area contributed by atoms with Crippen LogP contribution in [0.15, 0.2) is 0 Å². The number of aliphatic hydroxyl groups is 5. The fraction of sp³-hybridized carbons (Fsp3) is 0.897. The van der Waals surface area contributed by atoms with E-state index in [1.807, 2.05) is 6.92 Å². The van der Waals surface area contributed by atoms with Crippen molar-refractivity contribution in [2.45, 2.75) is 177 Å². The Kier molecular flexibility index (Phi) is 26.0. The fourth-order valence-corrected chi connectivity index (χ4v) is 9.31. The number of rotatable bonds is 21. The summed E-state index contributed by atoms with van der Waals surface area (Å²) in [6, 6.07) is -1.37. The van der Waals surface area contributed by atoms with Crippen LogP contribution >= 0.6 is 0 Å². The number of carboxylic acid groups (broad SMARTS) is 1. The van der Waals surface area contributed by atoms with Crippen LogP contribution < -0.4 is 80.2 Å². The van der Waals surface area contributed by atoms with Crippen LogP contribution in [0.1, 0.15) is 97.8 Å². The SMILES string of the molecule is CCC1CC(C(=O)NCCNC(=O)CCCCS(=O)(=O)[O-])C[C@@H](O[C@@H]2O[C@@H](CO)[C@H](O)C(O[C@@H](CC3CCCCC3)C(=O)[O-])C2NC(C)=O)[C@@H]1O[C@@H]1OC(C)[C@@H](O)[C@H](O)C1O.[Na+].[Na+]. The number of carboxylic acids is 1. The van der Waals surface area contributed by atoms with E-state index in [1.54, 1.807) is 0 Å². The van der Waals surface area contributed by atoms with Gasteiger partial charge in [0.1, 0.15) is 42.7 Å². The van der Waals surface area contributed by atoms with Gasteiger partial charge >= 0.3 is 59.1 Å². The van der Waals surface area contributed by atoms with Crippen LogP contribution in [0.25, 0.3) is 0 Å². The molecule has 2 saturated heterocycles. The van der Waals surface area contributed by atoms with E-state index in [1.165, 1.54) is 13.8 Å². The van der Waals surface area contributed by atoms with Crippen LogP contribution in [0.3, 0.4) is 0 Å². The minimum atomic E-state index is -4.38. The van der Waals surface area contributed by atoms with E-state index in [2.05, 4.69) is 16.0 Å². The largest absolute Gasteiger partial charge is 1.00 e. The van der Waals surface area contributed by atoms with Gasteiger partial charge in [-0.25, -0.2) is 8.42 Å². The van der Waals surface area contributed by atoms with Crippen molar-refractivity contribution in [3.05, 3.63) is 0 Å². The van der Waals surface area contributed by atoms with Gasteiger partial charge in [-0.05, 0) is 50.9 Å². The Bertz CT molecular complexity index is 1550. The Morgan fingerprint density at radius 2 is 1.52 bits per heavy atom. The van der Waals surface area contributed by atoms with Gasteiger partial charge in [-0.15, -0.1) is 0 Å². The molecule has 63 heavy (non-hydrogen) atoms. The van der Waals surface area contributed by atoms with Crippen molar-refractivity contribution in [3.8, 4) is 0 Å². The Morgan fingerprint density at radius 1 is 0.857 bits per heavy atom. The molecule has 15 atom stereocenters. The summed E-state index contributed by atoms with van der Waals surface area (Å²) in [7, 11) is -4.38. The number of nitrogens with one attached hydrogen (secondary N) is 3. The first-order valence-corrected chi connectivity index (χ1v) is 23.0. The molecule has 24 heteroatoms. The first-order chi connectivity index (χ1) is 28.8. The van der Waals surface area contributed by atoms with Crippen LogP contribution in [-0.2, 0) is 53.0 Å². The topological polar surface area (TPSA) is 332 Å². The van der Waals surface area contributed by atoms with E-state index < -0.39 is 138 Å². The molecule has 6 unspecified atom stereocenters. The predicted octanol–water partition coefficient (Wildman–Crippen LogP) is -8.97. The maximum Gasteiger partial charge on any atom is 1.00 e. The summed E-state index contributed by atoms with van der Waals surface area (Å²) >= 11 is 0. The van der Waals surface area contributed by atoms with Gasteiger partial charge in [0.15, 0.2) is 12.6 Å². The molecule has 21 nitrogen and oxygen atoms in total. The second-order valence-electron chi connectivity index (χ2n) is 16.7. The van der Waals surface area contributed by atoms with Crippen LogP contribution in [0, 0.1) is 17.8 Å². The first-order valence-electron chi connectivity index (χ1n) is 21.4. The number of hydrogen-bond acceptors (Lipinski definition) is 18. The molecule has 2 saturated carbocycles. The van der Waals surface area contributed by atoms with Crippen LogP contribution in [0.4, 0.5) is 0 Å². The number of carbonyl (C=O) groups excluding carboxylic acids is 4. The molecule has 0 aromatic rings. The van der Waals surface area contributed by atoms with Crippen molar-refractivity contribution in [1.29, 1.82) is 0 Å². The van der Waals surface area contributed by atoms with Gasteiger partial charge in [0.25, 0.3) is 0 Å². The Morgan fingerprint density at radius 3 is 2.13 bits per heavy atom. The minimum Gasteiger partial charge on any atom is -0.748 e. The summed E-state index contributed by atoms with van der Waals surface area (Å²) in [4.78, 5) is 51.1. The van der Waals surface area contributed by atoms with Gasteiger partial charge in [0.2, 0.25) is 17.7 Å². The van der Waals surface area contributed by atoms with Crippen molar-refractivity contribution < 1.29 is 146 Å². The van der Waals surface area contributed by atoms with E-state index in [9.17, 15) is 62.8 Å². The number of aliphatic hydroxyl groups excluding tert-OH is 5. The second-order valence-corrected chi connectivity index (χ2v) is 18.3. The zero-order chi connectivity index (χ0) is 45.0. The monoisotopic (exact) mass is 941 g/mol. The predicted molar refractivity (Wildman–Crippen MR) is 207 cm³/mol. The summed E-state index contributed by atoms with van der Waals surface area (Å²) in [5.41, 5.74) is 0. The summed E-state index contributed by atoms with van der Waals surface area (Å²) in [6.45, 7) is 3.78. The van der Waals surface area contributed by atoms with Gasteiger partial charge < -0.3 is 79.6 Å². The maximum absolute atomic E-state index is 13.7. The molecular formula is C39H65N3Na2O18S. The Balaban J connectivity index is 0.00000683. The van der Waals surface area contributed by atoms with E-state index in [0.717, 1.165) is 32.1 Å². The Hall–Kier alpha value is -0.610. The van der Waals surface area contributed by atoms with Crippen molar-refractivity contribution in [2.24, 2.45) is 17.8 Å². The van der Waals surface area contributed by atoms with Crippen LogP contribution in [-0.4, -0.2) is 167 Å². The molecule has 3 amide bonds. The average Bonchev–Trinajstić information content (AvgIpc) is 3.21. The molecular weight excluding hydrogens is 876 g/mol. The molecule has 0 radical (unpaired) electrons. The van der Waals surface area contributed by atoms with E-state index in [0.29, 0.717) is 6.42 Å². The summed E-state index contributed by atoms with van der Waals surface area (Å²) in [5, 5.41) is 74.0. The first kappa shape index (κ1) is 58.5. The zero-order valence-electron chi connectivity index (χ0n) is 37.0. The molecule has 0 aromatic carbocycles. The third-order valence-corrected chi connectivity index (χ3v) is 12.9. The molecule has 4 aliphatic rings. The molecule has 4 fully saturated rings. The number of amides is 3. The van der Waals surface area contributed by atoms with E-state index in [-0.39, 0.29) is 117 Å². The number of hydrogen-bond donors (Lipinski definition) is 8. The summed E-state index contributed by atoms with van der Waals surface area (Å²) < 4.78 is 63.2. The summed E-state index contributed by atoms with van der Waals surface area (Å²) in [6.07, 6.45) is -11.6. The minimum absolute atomic E-state index is 0. The maximum atomic E-state index is 13.7. The number of carbonyl (C=O) groups is 4. The van der Waals surface area contributed by atoms with Gasteiger partial charge in [-0.2, -0.15) is 0 Å². The van der Waals surface area contributed by atoms with Gasteiger partial charge in [-0.1, -0.05) is 45.4 Å². The third-order valence-electron chi connectivity index (χ3n) is 12.1. The standard InChI is InChI=1S/C39H67N3O18S.2Na/c1-4-23-17-24(36(50)41-14-13-40-28(45)12-8-9-15-61(53,54)55)18-25(34(23)60-39-33(49)32(48)30(46)20(2)56-39)58-38-29(42-21(3)44)35(31(47)27(19-43)59-38)57-26(37(51)52)16-22-10-6-5-7-11-22;;/h20,22-27,29-35,38-39,43,46-49H,4-19H2,1-3H3,(H,40,45)(H,41,50)(H,42,44)(H,51,52)(H,53,54,55);;/q;2*+1/p-2/t20?,23?,24?,25-,26+,27+,29?,30-,31+,32+,33?,34-,35?,38-,39+;;/m1../s1. The molecule has 8 N–H and O–H groups in total. The van der Waals surface area contributed by atoms with Crippen molar-refractivity contribution in [2.75, 3.05) is 25.4 Å². The zero-order valence-corrected chi connectivity index (χ0v) is 41.8. The normalized spacial score (nSPS) is 34.4. The Labute approximate surface area is 413 Å². The summed E-state index contributed by atoms with van der Waals surface area (Å²) in [5.74, 6) is -4.77. The molecule has 0 aromatic heterocycles. The van der Waals surface area contributed by atoms with Gasteiger partial charge in [-0.3, -0.25) is 14.4 Å². The van der Waals surface area contributed by atoms with Crippen molar-refractivity contribution in [3.63, 3.8) is 0 Å². The van der Waals surface area contributed by atoms with Crippen molar-refractivity contribution in [1.82, 2.24) is 16.0 Å². The number of ether oxygens (including phenoxy) is 5. The van der Waals surface area contributed by atoms with E-state index in [4.69, 9.17) is 23.7 Å². The molecule has 0 bridgehead atoms. The number of unbranched alkanes of at least 4 members (excludes halogenated alkanes) is 1. The average molecular weight is 942 g/mol. The fourth-order valence-electron chi connectivity index (χ4n) is 8.75. The molecule has 2 heterocycles. The van der Waals surface area contributed by atoms with Gasteiger partial charge in [0.05, 0.1) is 47.1 Å². The van der Waals surface area contributed by atoms with Crippen molar-refractivity contribution >= 4 is 33.8 Å². The smallest absolute Gasteiger partial charge is 0.748 e. The molecule has 352 valence electrons. The van der Waals surface area contributed by atoms with Crippen LogP contribution in [0.2, 0.25) is 0 Å². The third kappa shape index (κ3) is 17.8. The van der Waals surface area contributed by atoms with E-state index >= 15 is 0 Å². The molecule has 0 spiro atoms. The number of aliphatic carboxylic acids is 1. The second kappa shape index (κ2) is 28.0. The quantitative estimate of drug-likeness (QED) is 0.0301. The van der Waals surface area contributed by atoms with Crippen LogP contribution in [0.5, 0.6) is 0 Å².